The van der Waals surface area contributed by atoms with Crippen molar-refractivity contribution < 1.29 is 4.79 Å². The molecule has 2 N–H and O–H groups in total. The largest absolute Gasteiger partial charge is 0.373 e. The number of hydrogen-bond donors (Lipinski definition) is 2. The van der Waals surface area contributed by atoms with Gasteiger partial charge in [0.15, 0.2) is 0 Å². The third-order valence-electron chi connectivity index (χ3n) is 1.58. The molecule has 1 aromatic heterocycles. The van der Waals surface area contributed by atoms with Crippen LogP contribution in [0, 0.1) is 0 Å². The molecule has 0 spiro atoms. The first kappa shape index (κ1) is 10.0. The average Bonchev–Trinajstić information content (AvgIpc) is 2.44. The van der Waals surface area contributed by atoms with E-state index in [-0.39, 0.29) is 12.5 Å². The van der Waals surface area contributed by atoms with Gasteiger partial charge in [-0.1, -0.05) is 0 Å². The number of carbonyl (C=O) groups excluding carboxylic acids is 1. The lowest BCUT2D eigenvalue weighted by Crippen LogP contribution is -2.26. The van der Waals surface area contributed by atoms with Gasteiger partial charge in [0.2, 0.25) is 5.91 Å². The Hall–Kier alpha value is -1.04. The van der Waals surface area contributed by atoms with Gasteiger partial charge in [-0.25, -0.2) is 0 Å². The Labute approximate surface area is 84.6 Å². The first-order valence-corrected chi connectivity index (χ1v) is 4.56. The molecule has 6 heteroatoms. The van der Waals surface area contributed by atoms with E-state index in [9.17, 15) is 4.79 Å². The summed E-state index contributed by atoms with van der Waals surface area (Å²) in [6, 6.07) is 0. The van der Waals surface area contributed by atoms with Crippen LogP contribution in [0.2, 0.25) is 0 Å². The molecule has 13 heavy (non-hydrogen) atoms. The molecular formula is C7H11BrN4O. The zero-order valence-electron chi connectivity index (χ0n) is 7.47. The van der Waals surface area contributed by atoms with Crippen molar-refractivity contribution in [3.63, 3.8) is 0 Å². The Balaban J connectivity index is 2.55. The molecule has 0 radical (unpaired) electrons. The summed E-state index contributed by atoms with van der Waals surface area (Å²) in [6.45, 7) is 0.251. The highest BCUT2D eigenvalue weighted by molar-refractivity contribution is 9.10. The first-order valence-electron chi connectivity index (χ1n) is 3.77. The molecule has 0 aliphatic rings. The Morgan fingerprint density at radius 2 is 2.46 bits per heavy atom. The summed E-state index contributed by atoms with van der Waals surface area (Å²) < 4.78 is 2.50. The molecule has 0 fully saturated rings. The van der Waals surface area contributed by atoms with Gasteiger partial charge in [-0.05, 0) is 15.9 Å². The average molecular weight is 247 g/mol. The molecule has 72 valence electrons. The Kier molecular flexibility index (Phi) is 3.30. The summed E-state index contributed by atoms with van der Waals surface area (Å²) in [5, 5.41) is 9.46. The van der Waals surface area contributed by atoms with Gasteiger partial charge in [-0.2, -0.15) is 5.10 Å². The fourth-order valence-electron chi connectivity index (χ4n) is 0.805. The molecule has 0 bridgehead atoms. The summed E-state index contributed by atoms with van der Waals surface area (Å²) in [7, 11) is 3.41. The molecular weight excluding hydrogens is 236 g/mol. The zero-order valence-corrected chi connectivity index (χ0v) is 9.05. The second-order valence-electron chi connectivity index (χ2n) is 2.50. The first-order chi connectivity index (χ1) is 6.15. The minimum Gasteiger partial charge on any atom is -0.373 e. The molecule has 1 rings (SSSR count). The maximum Gasteiger partial charge on any atom is 0.239 e. The molecule has 0 aliphatic heterocycles. The smallest absolute Gasteiger partial charge is 0.239 e. The molecule has 0 aromatic carbocycles. The van der Waals surface area contributed by atoms with E-state index in [2.05, 4.69) is 31.7 Å². The fourth-order valence-corrected chi connectivity index (χ4v) is 1.14. The number of aryl methyl sites for hydroxylation is 1. The number of nitrogens with one attached hydrogen (secondary N) is 2. The van der Waals surface area contributed by atoms with Gasteiger partial charge < -0.3 is 10.6 Å². The minimum absolute atomic E-state index is 0.0595. The molecule has 0 atom stereocenters. The van der Waals surface area contributed by atoms with E-state index in [1.54, 1.807) is 17.9 Å². The molecule has 1 aromatic rings. The van der Waals surface area contributed by atoms with Gasteiger partial charge in [0.25, 0.3) is 0 Å². The van der Waals surface area contributed by atoms with Crippen LogP contribution in [0.15, 0.2) is 10.8 Å². The van der Waals surface area contributed by atoms with E-state index in [1.807, 2.05) is 7.05 Å². The van der Waals surface area contributed by atoms with Crippen LogP contribution in [0.4, 0.5) is 5.69 Å². The highest BCUT2D eigenvalue weighted by atomic mass is 79.9. The van der Waals surface area contributed by atoms with E-state index < -0.39 is 0 Å². The molecule has 0 aliphatic carbocycles. The van der Waals surface area contributed by atoms with Crippen molar-refractivity contribution in [1.29, 1.82) is 0 Å². The molecule has 0 unspecified atom stereocenters. The van der Waals surface area contributed by atoms with Crippen molar-refractivity contribution in [3.8, 4) is 0 Å². The normalized spacial score (nSPS) is 9.77. The van der Waals surface area contributed by atoms with Crippen molar-refractivity contribution in [2.45, 2.75) is 0 Å². The maximum atomic E-state index is 10.9. The highest BCUT2D eigenvalue weighted by Gasteiger charge is 2.05. The number of aromatic nitrogens is 2. The summed E-state index contributed by atoms with van der Waals surface area (Å²) in [4.78, 5) is 10.9. The van der Waals surface area contributed by atoms with Gasteiger partial charge in [0.05, 0.1) is 18.4 Å². The van der Waals surface area contributed by atoms with Gasteiger partial charge in [0, 0.05) is 14.1 Å². The minimum atomic E-state index is -0.0595. The number of carbonyl (C=O) groups is 1. The Bertz CT molecular complexity index is 309. The zero-order chi connectivity index (χ0) is 9.84. The second kappa shape index (κ2) is 4.27. The predicted octanol–water partition coefficient (Wildman–Crippen LogP) is 0.340. The number of anilines is 1. The van der Waals surface area contributed by atoms with E-state index in [0.717, 1.165) is 10.3 Å². The van der Waals surface area contributed by atoms with Crippen LogP contribution in [0.3, 0.4) is 0 Å². The van der Waals surface area contributed by atoms with Crippen LogP contribution >= 0.6 is 15.9 Å². The van der Waals surface area contributed by atoms with Crippen LogP contribution in [-0.4, -0.2) is 29.3 Å². The van der Waals surface area contributed by atoms with Gasteiger partial charge in [-0.15, -0.1) is 0 Å². The summed E-state index contributed by atoms with van der Waals surface area (Å²) in [5.41, 5.74) is 0.811. The van der Waals surface area contributed by atoms with Crippen LogP contribution in [0.5, 0.6) is 0 Å². The molecule has 1 heterocycles. The third kappa shape index (κ3) is 2.45. The van der Waals surface area contributed by atoms with E-state index in [0.29, 0.717) is 0 Å². The van der Waals surface area contributed by atoms with Crippen molar-refractivity contribution in [2.24, 2.45) is 7.05 Å². The lowest BCUT2D eigenvalue weighted by atomic mass is 10.5. The fraction of sp³-hybridized carbons (Fsp3) is 0.429. The van der Waals surface area contributed by atoms with Gasteiger partial charge >= 0.3 is 0 Å². The van der Waals surface area contributed by atoms with Crippen LogP contribution < -0.4 is 10.6 Å². The lowest BCUT2D eigenvalue weighted by molar-refractivity contribution is -0.118. The van der Waals surface area contributed by atoms with Crippen LogP contribution in [0.25, 0.3) is 0 Å². The maximum absolute atomic E-state index is 10.9. The Morgan fingerprint density at radius 1 is 1.77 bits per heavy atom. The number of hydrogen-bond acceptors (Lipinski definition) is 3. The number of rotatable bonds is 3. The number of halogens is 1. The van der Waals surface area contributed by atoms with Crippen LogP contribution in [0.1, 0.15) is 0 Å². The van der Waals surface area contributed by atoms with Crippen molar-refractivity contribution >= 4 is 27.5 Å². The van der Waals surface area contributed by atoms with Crippen molar-refractivity contribution in [2.75, 3.05) is 18.9 Å². The molecule has 0 saturated carbocycles. The van der Waals surface area contributed by atoms with E-state index in [4.69, 9.17) is 0 Å². The lowest BCUT2D eigenvalue weighted by Gasteiger charge is -2.02. The summed E-state index contributed by atoms with van der Waals surface area (Å²) in [6.07, 6.45) is 1.66. The summed E-state index contributed by atoms with van der Waals surface area (Å²) >= 11 is 3.33. The van der Waals surface area contributed by atoms with Crippen LogP contribution in [-0.2, 0) is 11.8 Å². The standard InChI is InChI=1S/C7H11BrN4O/c1-9-6(13)4-10-5-3-11-12(2)7(5)8/h3,10H,4H2,1-2H3,(H,9,13). The van der Waals surface area contributed by atoms with Gasteiger partial charge in [0.1, 0.15) is 4.60 Å². The van der Waals surface area contributed by atoms with E-state index >= 15 is 0 Å². The summed E-state index contributed by atoms with van der Waals surface area (Å²) in [5.74, 6) is -0.0595. The number of amides is 1. The molecule has 5 nitrogen and oxygen atoms in total. The molecule has 1 amide bonds. The van der Waals surface area contributed by atoms with Gasteiger partial charge in [-0.3, -0.25) is 9.48 Å². The third-order valence-corrected chi connectivity index (χ3v) is 2.53. The van der Waals surface area contributed by atoms with Crippen molar-refractivity contribution in [3.05, 3.63) is 10.8 Å². The quantitative estimate of drug-likeness (QED) is 0.809. The SMILES string of the molecule is CNC(=O)CNc1cnn(C)c1Br. The highest BCUT2D eigenvalue weighted by Crippen LogP contribution is 2.19. The number of nitrogens with zero attached hydrogens (tertiary/aromatic N) is 2. The second-order valence-corrected chi connectivity index (χ2v) is 3.25. The van der Waals surface area contributed by atoms with E-state index in [1.165, 1.54) is 0 Å². The Morgan fingerprint density at radius 3 is 2.92 bits per heavy atom. The van der Waals surface area contributed by atoms with Crippen molar-refractivity contribution in [1.82, 2.24) is 15.1 Å². The molecule has 0 saturated heterocycles. The number of likely N-dealkylation sites (N-methyl/N-ethyl adjacent to an activating group) is 1. The monoisotopic (exact) mass is 246 g/mol. The predicted molar refractivity (Wildman–Crippen MR) is 53.5 cm³/mol. The topological polar surface area (TPSA) is 59.0 Å².